The quantitative estimate of drug-likeness (QED) is 0.756. The van der Waals surface area contributed by atoms with Crippen molar-refractivity contribution >= 4 is 17.8 Å². The minimum absolute atomic E-state index is 0.117. The van der Waals surface area contributed by atoms with E-state index in [-0.39, 0.29) is 5.91 Å². The third kappa shape index (κ3) is 2.56. The molecule has 0 bridgehead atoms. The molecule has 1 fully saturated rings. The van der Waals surface area contributed by atoms with Crippen LogP contribution in [0.15, 0.2) is 22.4 Å². The molecule has 0 aromatic rings. The van der Waals surface area contributed by atoms with Crippen LogP contribution in [0.2, 0.25) is 0 Å². The van der Waals surface area contributed by atoms with Gasteiger partial charge in [0, 0.05) is 18.7 Å². The average molecular weight is 219 g/mol. The molecule has 86 valence electrons. The molecule has 2 rings (SSSR count). The van der Waals surface area contributed by atoms with Gasteiger partial charge in [0.1, 0.15) is 0 Å². The number of nitrogens with zero attached hydrogens (tertiary/aromatic N) is 2. The van der Waals surface area contributed by atoms with Crippen molar-refractivity contribution in [1.82, 2.24) is 5.32 Å². The summed E-state index contributed by atoms with van der Waals surface area (Å²) in [5.41, 5.74) is 1.15. The van der Waals surface area contributed by atoms with Gasteiger partial charge in [-0.2, -0.15) is 5.10 Å². The highest BCUT2D eigenvalue weighted by Gasteiger charge is 2.21. The van der Waals surface area contributed by atoms with Crippen LogP contribution in [0.25, 0.3) is 0 Å². The first kappa shape index (κ1) is 11.0. The molecule has 0 saturated heterocycles. The first-order valence-electron chi connectivity index (χ1n) is 5.86. The van der Waals surface area contributed by atoms with E-state index in [1.165, 1.54) is 19.3 Å². The maximum absolute atomic E-state index is 11.9. The van der Waals surface area contributed by atoms with Crippen LogP contribution in [0.4, 0.5) is 0 Å². The van der Waals surface area contributed by atoms with Gasteiger partial charge < -0.3 is 5.32 Å². The standard InChI is InChI=1S/C12H17N3O/c1-9-7-8-13-15-11(9)12(16)14-10-5-3-2-4-6-10/h8,10H,1-7H2,(H,14,16). The molecular weight excluding hydrogens is 202 g/mol. The fraction of sp³-hybridized carbons (Fsp3) is 0.583. The number of carbonyl (C=O) groups excluding carboxylic acids is 1. The molecular formula is C12H17N3O. The van der Waals surface area contributed by atoms with Crippen LogP contribution in [-0.4, -0.2) is 23.9 Å². The van der Waals surface area contributed by atoms with Gasteiger partial charge in [-0.15, -0.1) is 5.10 Å². The van der Waals surface area contributed by atoms with Crippen molar-refractivity contribution in [3.63, 3.8) is 0 Å². The summed E-state index contributed by atoms with van der Waals surface area (Å²) >= 11 is 0. The van der Waals surface area contributed by atoms with Crippen LogP contribution in [-0.2, 0) is 4.79 Å². The molecule has 0 spiro atoms. The van der Waals surface area contributed by atoms with Crippen molar-refractivity contribution in [3.05, 3.63) is 12.2 Å². The molecule has 1 aliphatic carbocycles. The van der Waals surface area contributed by atoms with E-state index < -0.39 is 0 Å². The molecule has 0 atom stereocenters. The molecule has 4 heteroatoms. The molecule has 0 radical (unpaired) electrons. The zero-order chi connectivity index (χ0) is 11.4. The van der Waals surface area contributed by atoms with Crippen LogP contribution < -0.4 is 5.32 Å². The maximum Gasteiger partial charge on any atom is 0.272 e. The van der Waals surface area contributed by atoms with Crippen LogP contribution in [0.3, 0.4) is 0 Å². The van der Waals surface area contributed by atoms with E-state index in [4.69, 9.17) is 0 Å². The molecule has 1 amide bonds. The number of hydrogen-bond acceptors (Lipinski definition) is 3. The lowest BCUT2D eigenvalue weighted by Gasteiger charge is -2.23. The summed E-state index contributed by atoms with van der Waals surface area (Å²) in [6.07, 6.45) is 8.14. The average Bonchev–Trinajstić information content (AvgIpc) is 2.31. The topological polar surface area (TPSA) is 53.8 Å². The SMILES string of the molecule is C=C1CC=NN=C1C(=O)NC1CCCCC1. The van der Waals surface area contributed by atoms with Crippen molar-refractivity contribution in [1.29, 1.82) is 0 Å². The van der Waals surface area contributed by atoms with E-state index in [1.54, 1.807) is 6.21 Å². The normalized spacial score (nSPS) is 21.8. The second kappa shape index (κ2) is 5.05. The van der Waals surface area contributed by atoms with E-state index in [2.05, 4.69) is 22.1 Å². The van der Waals surface area contributed by atoms with Crippen molar-refractivity contribution in [3.8, 4) is 0 Å². The number of carbonyl (C=O) groups is 1. The van der Waals surface area contributed by atoms with E-state index in [0.29, 0.717) is 18.2 Å². The molecule has 4 nitrogen and oxygen atoms in total. The third-order valence-electron chi connectivity index (χ3n) is 3.07. The predicted octanol–water partition coefficient (Wildman–Crippen LogP) is 1.82. The lowest BCUT2D eigenvalue weighted by Crippen LogP contribution is -2.41. The van der Waals surface area contributed by atoms with Crippen LogP contribution in [0, 0.1) is 0 Å². The van der Waals surface area contributed by atoms with E-state index in [9.17, 15) is 4.79 Å². The molecule has 0 aromatic heterocycles. The Balaban J connectivity index is 1.94. The molecule has 1 N–H and O–H groups in total. The van der Waals surface area contributed by atoms with Gasteiger partial charge in [0.25, 0.3) is 5.91 Å². The fourth-order valence-electron chi connectivity index (χ4n) is 2.12. The summed E-state index contributed by atoms with van der Waals surface area (Å²) in [6.45, 7) is 3.83. The Bertz CT molecular complexity index is 351. The number of rotatable bonds is 2. The number of amides is 1. The summed E-state index contributed by atoms with van der Waals surface area (Å²) < 4.78 is 0. The zero-order valence-electron chi connectivity index (χ0n) is 9.41. The molecule has 0 unspecified atom stereocenters. The monoisotopic (exact) mass is 219 g/mol. The third-order valence-corrected chi connectivity index (χ3v) is 3.07. The van der Waals surface area contributed by atoms with Gasteiger partial charge in [-0.1, -0.05) is 25.8 Å². The Kier molecular flexibility index (Phi) is 3.49. The summed E-state index contributed by atoms with van der Waals surface area (Å²) in [7, 11) is 0. The molecule has 1 heterocycles. The highest BCUT2D eigenvalue weighted by molar-refractivity contribution is 6.45. The highest BCUT2D eigenvalue weighted by atomic mass is 16.2. The molecule has 0 aromatic carbocycles. The Morgan fingerprint density at radius 1 is 1.38 bits per heavy atom. The summed E-state index contributed by atoms with van der Waals surface area (Å²) in [5.74, 6) is -0.117. The lowest BCUT2D eigenvalue weighted by molar-refractivity contribution is -0.115. The zero-order valence-corrected chi connectivity index (χ0v) is 9.41. The molecule has 16 heavy (non-hydrogen) atoms. The van der Waals surface area contributed by atoms with Crippen LogP contribution in [0.1, 0.15) is 38.5 Å². The largest absolute Gasteiger partial charge is 0.348 e. The van der Waals surface area contributed by atoms with Gasteiger partial charge in [-0.05, 0) is 18.4 Å². The minimum atomic E-state index is -0.117. The minimum Gasteiger partial charge on any atom is -0.348 e. The van der Waals surface area contributed by atoms with E-state index in [1.807, 2.05) is 0 Å². The summed E-state index contributed by atoms with van der Waals surface area (Å²) in [4.78, 5) is 11.9. The lowest BCUT2D eigenvalue weighted by atomic mass is 9.95. The van der Waals surface area contributed by atoms with Crippen molar-refractivity contribution < 1.29 is 4.79 Å². The predicted molar refractivity (Wildman–Crippen MR) is 64.7 cm³/mol. The van der Waals surface area contributed by atoms with Gasteiger partial charge in [-0.25, -0.2) is 0 Å². The Hall–Kier alpha value is -1.45. The Morgan fingerprint density at radius 3 is 2.81 bits per heavy atom. The second-order valence-electron chi connectivity index (χ2n) is 4.36. The van der Waals surface area contributed by atoms with E-state index >= 15 is 0 Å². The summed E-state index contributed by atoms with van der Waals surface area (Å²) in [6, 6.07) is 0.308. The summed E-state index contributed by atoms with van der Waals surface area (Å²) in [5, 5.41) is 10.6. The van der Waals surface area contributed by atoms with Gasteiger partial charge in [0.2, 0.25) is 0 Å². The smallest absolute Gasteiger partial charge is 0.272 e. The Labute approximate surface area is 95.5 Å². The second-order valence-corrected chi connectivity index (χ2v) is 4.36. The van der Waals surface area contributed by atoms with Crippen LogP contribution >= 0.6 is 0 Å². The van der Waals surface area contributed by atoms with Gasteiger partial charge in [-0.3, -0.25) is 4.79 Å². The van der Waals surface area contributed by atoms with E-state index in [0.717, 1.165) is 18.4 Å². The van der Waals surface area contributed by atoms with Gasteiger partial charge >= 0.3 is 0 Å². The van der Waals surface area contributed by atoms with Crippen molar-refractivity contribution in [2.75, 3.05) is 0 Å². The molecule has 1 saturated carbocycles. The highest BCUT2D eigenvalue weighted by Crippen LogP contribution is 2.17. The van der Waals surface area contributed by atoms with Crippen molar-refractivity contribution in [2.45, 2.75) is 44.6 Å². The first-order chi connectivity index (χ1) is 7.77. The van der Waals surface area contributed by atoms with Crippen molar-refractivity contribution in [2.24, 2.45) is 10.2 Å². The maximum atomic E-state index is 11.9. The Morgan fingerprint density at radius 2 is 2.12 bits per heavy atom. The molecule has 2 aliphatic rings. The van der Waals surface area contributed by atoms with Gasteiger partial charge in [0.15, 0.2) is 5.71 Å². The number of nitrogens with one attached hydrogen (secondary N) is 1. The molecule has 1 aliphatic heterocycles. The van der Waals surface area contributed by atoms with Gasteiger partial charge in [0.05, 0.1) is 0 Å². The fourth-order valence-corrected chi connectivity index (χ4v) is 2.12. The number of hydrogen-bond donors (Lipinski definition) is 1. The first-order valence-corrected chi connectivity index (χ1v) is 5.86. The van der Waals surface area contributed by atoms with Crippen LogP contribution in [0.5, 0.6) is 0 Å².